The molecule has 2 aromatic carbocycles. The van der Waals surface area contributed by atoms with Crippen molar-refractivity contribution in [2.75, 3.05) is 19.5 Å². The van der Waals surface area contributed by atoms with E-state index in [2.05, 4.69) is 20.7 Å². The number of aromatic nitrogens is 3. The average molecular weight is 490 g/mol. The maximum absolute atomic E-state index is 15.0. The summed E-state index contributed by atoms with van der Waals surface area (Å²) >= 11 is 0. The number of anilines is 1. The Bertz CT molecular complexity index is 1600. The molecule has 2 aromatic heterocycles. The second-order valence-electron chi connectivity index (χ2n) is 8.47. The molecule has 10 heteroatoms. The standard InChI is InChI=1S/C26H24FN5O4/c1-12-22(13(2)32(4)31-12)24-17(16-9-15(35-5)10-19(27)23(16)30-24)11-21-25(33)18-8-14(29-26(34)28-3)6-7-20(18)36-21/h6-11,30H,1-5H3,(H2,28,29,34)/b21-11-. The van der Waals surface area contributed by atoms with Gasteiger partial charge in [-0.2, -0.15) is 5.10 Å². The monoisotopic (exact) mass is 489 g/mol. The molecule has 1 aliphatic heterocycles. The largest absolute Gasteiger partial charge is 0.497 e. The van der Waals surface area contributed by atoms with Crippen molar-refractivity contribution in [3.63, 3.8) is 0 Å². The average Bonchev–Trinajstić information content (AvgIpc) is 3.45. The zero-order chi connectivity index (χ0) is 25.7. The number of ether oxygens (including phenoxy) is 2. The first kappa shape index (κ1) is 23.2. The Morgan fingerprint density at radius 3 is 2.69 bits per heavy atom. The molecule has 5 rings (SSSR count). The van der Waals surface area contributed by atoms with E-state index in [0.717, 1.165) is 17.0 Å². The van der Waals surface area contributed by atoms with Gasteiger partial charge in [-0.1, -0.05) is 0 Å². The molecule has 184 valence electrons. The Morgan fingerprint density at radius 2 is 2.03 bits per heavy atom. The summed E-state index contributed by atoms with van der Waals surface area (Å²) in [4.78, 5) is 28.2. The van der Waals surface area contributed by atoms with Gasteiger partial charge in [-0.3, -0.25) is 9.48 Å². The van der Waals surface area contributed by atoms with Gasteiger partial charge < -0.3 is 25.1 Å². The fourth-order valence-corrected chi connectivity index (χ4v) is 4.44. The fraction of sp³-hybridized carbons (Fsp3) is 0.192. The lowest BCUT2D eigenvalue weighted by molar-refractivity contribution is 0.101. The van der Waals surface area contributed by atoms with Gasteiger partial charge in [0.2, 0.25) is 5.78 Å². The first-order valence-corrected chi connectivity index (χ1v) is 11.2. The third kappa shape index (κ3) is 3.67. The van der Waals surface area contributed by atoms with Gasteiger partial charge in [-0.05, 0) is 44.2 Å². The summed E-state index contributed by atoms with van der Waals surface area (Å²) in [6, 6.07) is 7.43. The fourth-order valence-electron chi connectivity index (χ4n) is 4.44. The molecule has 0 fully saturated rings. The Hall–Kier alpha value is -4.60. The number of carbonyl (C=O) groups is 2. The van der Waals surface area contributed by atoms with Crippen molar-refractivity contribution < 1.29 is 23.5 Å². The van der Waals surface area contributed by atoms with Crippen LogP contribution in [-0.4, -0.2) is 40.7 Å². The Balaban J connectivity index is 1.68. The summed E-state index contributed by atoms with van der Waals surface area (Å²) in [5.41, 5.74) is 4.66. The summed E-state index contributed by atoms with van der Waals surface area (Å²) in [6.07, 6.45) is 1.60. The third-order valence-corrected chi connectivity index (χ3v) is 6.30. The molecule has 0 unspecified atom stereocenters. The minimum absolute atomic E-state index is 0.0756. The van der Waals surface area contributed by atoms with Gasteiger partial charge in [-0.25, -0.2) is 9.18 Å². The summed E-state index contributed by atoms with van der Waals surface area (Å²) < 4.78 is 28.0. The molecule has 36 heavy (non-hydrogen) atoms. The molecule has 1 aliphatic rings. The molecule has 2 amide bonds. The number of methoxy groups -OCH3 is 1. The highest BCUT2D eigenvalue weighted by molar-refractivity contribution is 6.16. The number of rotatable bonds is 4. The summed E-state index contributed by atoms with van der Waals surface area (Å²) in [5, 5.41) is 10.1. The van der Waals surface area contributed by atoms with E-state index in [1.54, 1.807) is 35.0 Å². The van der Waals surface area contributed by atoms with E-state index in [4.69, 9.17) is 9.47 Å². The molecule has 0 aliphatic carbocycles. The van der Waals surface area contributed by atoms with Gasteiger partial charge >= 0.3 is 6.03 Å². The van der Waals surface area contributed by atoms with Crippen molar-refractivity contribution in [3.8, 4) is 22.8 Å². The van der Waals surface area contributed by atoms with Gasteiger partial charge in [0.05, 0.1) is 29.6 Å². The predicted octanol–water partition coefficient (Wildman–Crippen LogP) is 4.70. The maximum Gasteiger partial charge on any atom is 0.318 e. The summed E-state index contributed by atoms with van der Waals surface area (Å²) in [5.74, 6) is -0.0499. The van der Waals surface area contributed by atoms with E-state index in [9.17, 15) is 9.59 Å². The van der Waals surface area contributed by atoms with Crippen molar-refractivity contribution in [2.24, 2.45) is 7.05 Å². The Morgan fingerprint density at radius 1 is 1.25 bits per heavy atom. The molecule has 3 heterocycles. The molecule has 9 nitrogen and oxygen atoms in total. The molecule has 0 atom stereocenters. The molecule has 4 aromatic rings. The number of fused-ring (bicyclic) bond motifs is 2. The lowest BCUT2D eigenvalue weighted by Gasteiger charge is -2.05. The Kier molecular flexibility index (Phi) is 5.51. The van der Waals surface area contributed by atoms with E-state index in [-0.39, 0.29) is 17.1 Å². The lowest BCUT2D eigenvalue weighted by Crippen LogP contribution is -2.24. The number of aromatic amines is 1. The molecule has 3 N–H and O–H groups in total. The van der Waals surface area contributed by atoms with Crippen LogP contribution in [0.15, 0.2) is 36.1 Å². The van der Waals surface area contributed by atoms with Crippen LogP contribution in [0, 0.1) is 19.7 Å². The first-order valence-electron chi connectivity index (χ1n) is 11.2. The highest BCUT2D eigenvalue weighted by atomic mass is 19.1. The number of allylic oxidation sites excluding steroid dienone is 1. The second-order valence-corrected chi connectivity index (χ2v) is 8.47. The van der Waals surface area contributed by atoms with Crippen LogP contribution in [-0.2, 0) is 7.05 Å². The van der Waals surface area contributed by atoms with Gasteiger partial charge in [0, 0.05) is 48.1 Å². The number of benzene rings is 2. The highest BCUT2D eigenvalue weighted by Gasteiger charge is 2.30. The molecule has 0 saturated carbocycles. The SMILES string of the molecule is CNC(=O)Nc1ccc2c(c1)C(=O)/C(=C/c1c(-c3c(C)nn(C)c3C)[nH]c3c(F)cc(OC)cc13)O2. The molecule has 0 saturated heterocycles. The zero-order valence-electron chi connectivity index (χ0n) is 20.4. The van der Waals surface area contributed by atoms with E-state index >= 15 is 4.39 Å². The number of nitrogens with zero attached hydrogens (tertiary/aromatic N) is 2. The van der Waals surface area contributed by atoms with Crippen molar-refractivity contribution >= 4 is 34.5 Å². The number of hydrogen-bond acceptors (Lipinski definition) is 5. The second kappa shape index (κ2) is 8.56. The third-order valence-electron chi connectivity index (χ3n) is 6.30. The number of H-pyrrole nitrogens is 1. The van der Waals surface area contributed by atoms with Gasteiger partial charge in [0.25, 0.3) is 0 Å². The van der Waals surface area contributed by atoms with Gasteiger partial charge in [0.1, 0.15) is 11.5 Å². The predicted molar refractivity (Wildman–Crippen MR) is 134 cm³/mol. The number of urea groups is 1. The lowest BCUT2D eigenvalue weighted by atomic mass is 10.0. The number of aryl methyl sites for hydroxylation is 2. The minimum atomic E-state index is -0.485. The van der Waals surface area contributed by atoms with Crippen LogP contribution in [0.1, 0.15) is 27.3 Å². The molecule has 0 bridgehead atoms. The van der Waals surface area contributed by atoms with Crippen LogP contribution < -0.4 is 20.1 Å². The number of carbonyl (C=O) groups excluding carboxylic acids is 2. The number of amides is 2. The molecule has 0 radical (unpaired) electrons. The van der Waals surface area contributed by atoms with Crippen LogP contribution in [0.3, 0.4) is 0 Å². The van der Waals surface area contributed by atoms with Crippen LogP contribution >= 0.6 is 0 Å². The number of hydrogen-bond donors (Lipinski definition) is 3. The minimum Gasteiger partial charge on any atom is -0.497 e. The van der Waals surface area contributed by atoms with Crippen LogP contribution in [0.5, 0.6) is 11.5 Å². The number of nitrogens with one attached hydrogen (secondary N) is 3. The van der Waals surface area contributed by atoms with E-state index < -0.39 is 11.8 Å². The summed E-state index contributed by atoms with van der Waals surface area (Å²) in [7, 11) is 4.80. The maximum atomic E-state index is 15.0. The quantitative estimate of drug-likeness (QED) is 0.360. The van der Waals surface area contributed by atoms with Crippen molar-refractivity contribution in [3.05, 3.63) is 64.4 Å². The number of halogens is 1. The van der Waals surface area contributed by atoms with Crippen molar-refractivity contribution in [2.45, 2.75) is 13.8 Å². The van der Waals surface area contributed by atoms with Gasteiger partial charge in [-0.15, -0.1) is 0 Å². The van der Waals surface area contributed by atoms with Gasteiger partial charge in [0.15, 0.2) is 11.6 Å². The Labute approximate surface area is 205 Å². The zero-order valence-corrected chi connectivity index (χ0v) is 20.4. The molecular formula is C26H24FN5O4. The number of Topliss-reactive ketones (excluding diaryl/α,β-unsaturated/α-hetero) is 1. The summed E-state index contributed by atoms with van der Waals surface area (Å²) in [6.45, 7) is 3.79. The van der Waals surface area contributed by atoms with Crippen LogP contribution in [0.2, 0.25) is 0 Å². The molecular weight excluding hydrogens is 465 g/mol. The first-order chi connectivity index (χ1) is 17.2. The van der Waals surface area contributed by atoms with Crippen molar-refractivity contribution in [1.82, 2.24) is 20.1 Å². The topological polar surface area (TPSA) is 110 Å². The van der Waals surface area contributed by atoms with E-state index in [0.29, 0.717) is 39.4 Å². The highest BCUT2D eigenvalue weighted by Crippen LogP contribution is 2.40. The van der Waals surface area contributed by atoms with E-state index in [1.807, 2.05) is 20.9 Å². The van der Waals surface area contributed by atoms with Crippen LogP contribution in [0.25, 0.3) is 28.2 Å². The molecule has 0 spiro atoms. The normalized spacial score (nSPS) is 13.7. The van der Waals surface area contributed by atoms with E-state index in [1.165, 1.54) is 20.2 Å². The van der Waals surface area contributed by atoms with Crippen LogP contribution in [0.4, 0.5) is 14.9 Å². The smallest absolute Gasteiger partial charge is 0.318 e. The number of ketones is 1. The van der Waals surface area contributed by atoms with Crippen molar-refractivity contribution in [1.29, 1.82) is 0 Å².